The third-order valence-electron chi connectivity index (χ3n) is 3.03. The van der Waals surface area contributed by atoms with Gasteiger partial charge < -0.3 is 15.2 Å². The number of alkyl halides is 2. The molecule has 2 N–H and O–H groups in total. The Morgan fingerprint density at radius 2 is 2.21 bits per heavy atom. The quantitative estimate of drug-likeness (QED) is 0.867. The Morgan fingerprint density at radius 3 is 2.95 bits per heavy atom. The molecule has 1 aliphatic rings. The van der Waals surface area contributed by atoms with E-state index in [0.29, 0.717) is 24.3 Å². The summed E-state index contributed by atoms with van der Waals surface area (Å²) in [5.41, 5.74) is 0.707. The highest BCUT2D eigenvalue weighted by Gasteiger charge is 2.32. The number of hydrogen-bond donors (Lipinski definition) is 2. The number of fused-ring (bicyclic) bond motifs is 1. The Balaban J connectivity index is 2.05. The molecule has 2 rings (SSSR count). The lowest BCUT2D eigenvalue weighted by atomic mass is 9.92. The number of ether oxygens (including phenoxy) is 1. The van der Waals surface area contributed by atoms with Crippen LogP contribution in [0.4, 0.5) is 8.78 Å². The second-order valence-electron chi connectivity index (χ2n) is 4.46. The van der Waals surface area contributed by atoms with Crippen molar-refractivity contribution in [3.8, 4) is 5.75 Å². The lowest BCUT2D eigenvalue weighted by Gasteiger charge is -2.25. The largest absolute Gasteiger partial charge is 0.493 e. The first-order chi connectivity index (χ1) is 9.03. The summed E-state index contributed by atoms with van der Waals surface area (Å²) in [4.78, 5) is 11.9. The molecular weight excluding hydrogens is 256 g/mol. The van der Waals surface area contributed by atoms with Crippen molar-refractivity contribution in [2.75, 3.05) is 19.8 Å². The van der Waals surface area contributed by atoms with Crippen LogP contribution in [0.25, 0.3) is 0 Å². The number of rotatable bonds is 4. The number of hydrogen-bond acceptors (Lipinski definition) is 3. The van der Waals surface area contributed by atoms with Crippen LogP contribution >= 0.6 is 0 Å². The fraction of sp³-hybridized carbons (Fsp3) is 0.462. The first-order valence-corrected chi connectivity index (χ1v) is 6.01. The highest BCUT2D eigenvalue weighted by molar-refractivity contribution is 5.84. The molecule has 0 radical (unpaired) electrons. The molecule has 0 fully saturated rings. The van der Waals surface area contributed by atoms with Crippen LogP contribution in [-0.2, 0) is 4.79 Å². The molecule has 1 unspecified atom stereocenters. The summed E-state index contributed by atoms with van der Waals surface area (Å²) in [5, 5.41) is 10.6. The van der Waals surface area contributed by atoms with Gasteiger partial charge in [0.05, 0.1) is 19.1 Å². The number of carbonyl (C=O) groups excluding carboxylic acids is 1. The van der Waals surface area contributed by atoms with Gasteiger partial charge in [0.2, 0.25) is 5.91 Å². The van der Waals surface area contributed by atoms with Gasteiger partial charge >= 0.3 is 0 Å². The van der Waals surface area contributed by atoms with Gasteiger partial charge in [-0.05, 0) is 12.5 Å². The Hall–Kier alpha value is -1.69. The number of carbonyl (C=O) groups is 1. The molecule has 0 saturated carbocycles. The van der Waals surface area contributed by atoms with Crippen LogP contribution in [0, 0.1) is 0 Å². The molecule has 0 aromatic heterocycles. The number of aliphatic hydroxyl groups excluding tert-OH is 1. The number of halogens is 2. The van der Waals surface area contributed by atoms with Gasteiger partial charge in [0, 0.05) is 5.56 Å². The predicted octanol–water partition coefficient (Wildman–Crippen LogP) is 1.30. The number of nitrogens with one attached hydrogen (secondary N) is 1. The average molecular weight is 271 g/mol. The Bertz CT molecular complexity index is 465. The van der Waals surface area contributed by atoms with Gasteiger partial charge in [-0.2, -0.15) is 0 Å². The monoisotopic (exact) mass is 271 g/mol. The van der Waals surface area contributed by atoms with Crippen LogP contribution in [0.15, 0.2) is 24.3 Å². The molecule has 1 aromatic rings. The van der Waals surface area contributed by atoms with Gasteiger partial charge in [-0.15, -0.1) is 0 Å². The second-order valence-corrected chi connectivity index (χ2v) is 4.46. The molecule has 104 valence electrons. The molecule has 0 bridgehead atoms. The SMILES string of the molecule is O=C(NCC(F)(F)CO)C1CCOc2ccccc21. The Morgan fingerprint density at radius 1 is 1.47 bits per heavy atom. The van der Waals surface area contributed by atoms with E-state index in [9.17, 15) is 13.6 Å². The van der Waals surface area contributed by atoms with E-state index in [1.54, 1.807) is 24.3 Å². The van der Waals surface area contributed by atoms with Gasteiger partial charge in [0.25, 0.3) is 5.92 Å². The molecule has 0 saturated heterocycles. The average Bonchev–Trinajstić information content (AvgIpc) is 2.44. The zero-order valence-electron chi connectivity index (χ0n) is 10.2. The number of para-hydroxylation sites is 1. The molecule has 4 nitrogen and oxygen atoms in total. The van der Waals surface area contributed by atoms with Crippen LogP contribution in [-0.4, -0.2) is 36.7 Å². The minimum Gasteiger partial charge on any atom is -0.493 e. The summed E-state index contributed by atoms with van der Waals surface area (Å²) in [6.45, 7) is -1.76. The maximum absolute atomic E-state index is 12.9. The topological polar surface area (TPSA) is 58.6 Å². The van der Waals surface area contributed by atoms with Gasteiger partial charge in [-0.25, -0.2) is 8.78 Å². The van der Waals surface area contributed by atoms with E-state index in [2.05, 4.69) is 5.32 Å². The van der Waals surface area contributed by atoms with Gasteiger partial charge in [0.15, 0.2) is 0 Å². The van der Waals surface area contributed by atoms with Crippen LogP contribution in [0.2, 0.25) is 0 Å². The lowest BCUT2D eigenvalue weighted by molar-refractivity contribution is -0.126. The smallest absolute Gasteiger partial charge is 0.287 e. The molecule has 1 aromatic carbocycles. The zero-order chi connectivity index (χ0) is 13.9. The van der Waals surface area contributed by atoms with Crippen LogP contribution < -0.4 is 10.1 Å². The summed E-state index contributed by atoms with van der Waals surface area (Å²) in [6.07, 6.45) is 0.452. The van der Waals surface area contributed by atoms with E-state index in [1.807, 2.05) is 0 Å². The van der Waals surface area contributed by atoms with Crippen molar-refractivity contribution in [1.82, 2.24) is 5.32 Å². The number of aliphatic hydroxyl groups is 1. The normalized spacial score (nSPS) is 18.4. The van der Waals surface area contributed by atoms with Crippen molar-refractivity contribution < 1.29 is 23.4 Å². The maximum atomic E-state index is 12.9. The first kappa shape index (κ1) is 13.7. The van der Waals surface area contributed by atoms with Gasteiger partial charge in [0.1, 0.15) is 12.4 Å². The zero-order valence-corrected chi connectivity index (χ0v) is 10.2. The Kier molecular flexibility index (Phi) is 3.99. The van der Waals surface area contributed by atoms with Crippen LogP contribution in [0.3, 0.4) is 0 Å². The van der Waals surface area contributed by atoms with Crippen molar-refractivity contribution in [3.05, 3.63) is 29.8 Å². The molecule has 1 atom stereocenters. The van der Waals surface area contributed by atoms with E-state index < -0.39 is 30.9 Å². The third-order valence-corrected chi connectivity index (χ3v) is 3.03. The van der Waals surface area contributed by atoms with E-state index in [1.165, 1.54) is 0 Å². The second kappa shape index (κ2) is 5.52. The number of benzene rings is 1. The van der Waals surface area contributed by atoms with Gasteiger partial charge in [-0.3, -0.25) is 4.79 Å². The molecule has 1 amide bonds. The fourth-order valence-electron chi connectivity index (χ4n) is 2.01. The summed E-state index contributed by atoms with van der Waals surface area (Å²) in [7, 11) is 0. The molecule has 1 aliphatic heterocycles. The first-order valence-electron chi connectivity index (χ1n) is 6.01. The fourth-order valence-corrected chi connectivity index (χ4v) is 2.01. The highest BCUT2D eigenvalue weighted by Crippen LogP contribution is 2.33. The molecule has 0 aliphatic carbocycles. The van der Waals surface area contributed by atoms with Crippen molar-refractivity contribution in [2.24, 2.45) is 0 Å². The van der Waals surface area contributed by atoms with Crippen LogP contribution in [0.5, 0.6) is 5.75 Å². The van der Waals surface area contributed by atoms with Crippen LogP contribution in [0.1, 0.15) is 17.9 Å². The van der Waals surface area contributed by atoms with Crippen molar-refractivity contribution in [3.63, 3.8) is 0 Å². The summed E-state index contributed by atoms with van der Waals surface area (Å²) in [6, 6.07) is 7.06. The summed E-state index contributed by atoms with van der Waals surface area (Å²) >= 11 is 0. The lowest BCUT2D eigenvalue weighted by Crippen LogP contribution is -2.41. The van der Waals surface area contributed by atoms with E-state index >= 15 is 0 Å². The standard InChI is InChI=1S/C13H15F2NO3/c14-13(15,8-17)7-16-12(18)10-5-6-19-11-4-2-1-3-9(10)11/h1-4,10,17H,5-8H2,(H,16,18). The third kappa shape index (κ3) is 3.20. The minimum atomic E-state index is -3.29. The number of amides is 1. The van der Waals surface area contributed by atoms with Crippen molar-refractivity contribution in [2.45, 2.75) is 18.3 Å². The molecule has 19 heavy (non-hydrogen) atoms. The van der Waals surface area contributed by atoms with E-state index in [-0.39, 0.29) is 0 Å². The van der Waals surface area contributed by atoms with E-state index in [0.717, 1.165) is 0 Å². The molecule has 1 heterocycles. The maximum Gasteiger partial charge on any atom is 0.287 e. The van der Waals surface area contributed by atoms with Crippen molar-refractivity contribution >= 4 is 5.91 Å². The predicted molar refractivity (Wildman–Crippen MR) is 64.3 cm³/mol. The van der Waals surface area contributed by atoms with Gasteiger partial charge in [-0.1, -0.05) is 18.2 Å². The van der Waals surface area contributed by atoms with E-state index in [4.69, 9.17) is 9.84 Å². The molecule has 6 heteroatoms. The molecular formula is C13H15F2NO3. The molecule has 0 spiro atoms. The highest BCUT2D eigenvalue weighted by atomic mass is 19.3. The summed E-state index contributed by atoms with van der Waals surface area (Å²) in [5.74, 6) is -3.63. The summed E-state index contributed by atoms with van der Waals surface area (Å²) < 4.78 is 31.2. The minimum absolute atomic E-state index is 0.380. The van der Waals surface area contributed by atoms with Crippen molar-refractivity contribution in [1.29, 1.82) is 0 Å². The Labute approximate surface area is 109 Å².